The summed E-state index contributed by atoms with van der Waals surface area (Å²) >= 11 is 0. The third-order valence-electron chi connectivity index (χ3n) is 13.2. The summed E-state index contributed by atoms with van der Waals surface area (Å²) < 4.78 is 0. The lowest BCUT2D eigenvalue weighted by Crippen LogP contribution is -2.54. The van der Waals surface area contributed by atoms with Crippen LogP contribution < -0.4 is 14.7 Å². The predicted octanol–water partition coefficient (Wildman–Crippen LogP) is 5.75. The summed E-state index contributed by atoms with van der Waals surface area (Å²) in [5.74, 6) is 6.59. The minimum absolute atomic E-state index is 0.639. The number of fused-ring (bicyclic) bond motifs is 6. The molecule has 3 aromatic carbocycles. The Balaban J connectivity index is 0.878. The second-order valence-corrected chi connectivity index (χ2v) is 17.9. The first-order valence-electron chi connectivity index (χ1n) is 20.9. The minimum Gasteiger partial charge on any atom is -0.340 e. The van der Waals surface area contributed by atoms with E-state index in [4.69, 9.17) is 15.0 Å². The Hall–Kier alpha value is -4.05. The van der Waals surface area contributed by atoms with E-state index in [9.17, 15) is 0 Å². The van der Waals surface area contributed by atoms with Crippen LogP contribution in [0, 0.1) is 35.5 Å². The van der Waals surface area contributed by atoms with E-state index in [1.54, 1.807) is 0 Å². The van der Waals surface area contributed by atoms with Crippen molar-refractivity contribution in [3.05, 3.63) is 108 Å². The molecular formula is C45H57N9. The second-order valence-electron chi connectivity index (χ2n) is 17.9. The van der Waals surface area contributed by atoms with Gasteiger partial charge in [-0.05, 0) is 71.5 Å². The van der Waals surface area contributed by atoms with Crippen molar-refractivity contribution in [1.29, 1.82) is 0 Å². The summed E-state index contributed by atoms with van der Waals surface area (Å²) in [7, 11) is 0. The molecule has 6 saturated heterocycles. The van der Waals surface area contributed by atoms with Gasteiger partial charge in [0.1, 0.15) is 0 Å². The van der Waals surface area contributed by atoms with Crippen LogP contribution in [-0.2, 0) is 19.6 Å². The quantitative estimate of drug-likeness (QED) is 0.215. The number of benzene rings is 3. The highest BCUT2D eigenvalue weighted by atomic mass is 15.4. The van der Waals surface area contributed by atoms with Gasteiger partial charge in [0.25, 0.3) is 0 Å². The van der Waals surface area contributed by atoms with E-state index < -0.39 is 0 Å². The molecule has 0 saturated carbocycles. The summed E-state index contributed by atoms with van der Waals surface area (Å²) in [6, 6.07) is 33.0. The third kappa shape index (κ3) is 7.86. The molecule has 6 aliphatic heterocycles. The average molecular weight is 724 g/mol. The molecule has 54 heavy (non-hydrogen) atoms. The van der Waals surface area contributed by atoms with E-state index in [1.165, 1.54) is 36.0 Å². The second kappa shape index (κ2) is 15.2. The molecule has 6 atom stereocenters. The lowest BCUT2D eigenvalue weighted by molar-refractivity contribution is 0.101. The van der Waals surface area contributed by atoms with Crippen LogP contribution in [0.15, 0.2) is 91.0 Å². The number of anilines is 3. The Morgan fingerprint density at radius 3 is 0.815 bits per heavy atom. The highest BCUT2D eigenvalue weighted by molar-refractivity contribution is 5.48. The molecule has 0 radical (unpaired) electrons. The van der Waals surface area contributed by atoms with Crippen molar-refractivity contribution in [2.75, 3.05) is 93.2 Å². The lowest BCUT2D eigenvalue weighted by atomic mass is 9.84. The zero-order valence-electron chi connectivity index (χ0n) is 31.9. The molecule has 6 bridgehead atoms. The first-order valence-corrected chi connectivity index (χ1v) is 20.9. The Bertz CT molecular complexity index is 1570. The maximum absolute atomic E-state index is 5.40. The predicted molar refractivity (Wildman–Crippen MR) is 216 cm³/mol. The fourth-order valence-electron chi connectivity index (χ4n) is 11.3. The summed E-state index contributed by atoms with van der Waals surface area (Å²) in [6.45, 7) is 16.2. The number of hydrogen-bond acceptors (Lipinski definition) is 9. The van der Waals surface area contributed by atoms with Crippen LogP contribution in [-0.4, -0.2) is 108 Å². The van der Waals surface area contributed by atoms with E-state index >= 15 is 0 Å². The highest BCUT2D eigenvalue weighted by Crippen LogP contribution is 2.37. The van der Waals surface area contributed by atoms with Gasteiger partial charge in [0.15, 0.2) is 0 Å². The van der Waals surface area contributed by atoms with Gasteiger partial charge in [0.2, 0.25) is 17.8 Å². The zero-order valence-corrected chi connectivity index (χ0v) is 31.9. The summed E-state index contributed by atoms with van der Waals surface area (Å²) in [5.41, 5.74) is 4.26. The van der Waals surface area contributed by atoms with Crippen LogP contribution in [0.4, 0.5) is 17.8 Å². The molecule has 282 valence electrons. The Kier molecular flexibility index (Phi) is 9.72. The van der Waals surface area contributed by atoms with Crippen molar-refractivity contribution in [2.45, 2.75) is 38.9 Å². The molecule has 10 rings (SSSR count). The van der Waals surface area contributed by atoms with Crippen LogP contribution in [0.2, 0.25) is 0 Å². The van der Waals surface area contributed by atoms with Gasteiger partial charge in [-0.1, -0.05) is 91.0 Å². The monoisotopic (exact) mass is 723 g/mol. The molecule has 6 fully saturated rings. The number of nitrogens with zero attached hydrogens (tertiary/aromatic N) is 9. The van der Waals surface area contributed by atoms with Crippen molar-refractivity contribution in [2.24, 2.45) is 35.5 Å². The van der Waals surface area contributed by atoms with Crippen LogP contribution in [0.3, 0.4) is 0 Å². The van der Waals surface area contributed by atoms with E-state index in [0.29, 0.717) is 35.5 Å². The van der Waals surface area contributed by atoms with Gasteiger partial charge in [0.05, 0.1) is 0 Å². The van der Waals surface area contributed by atoms with Crippen LogP contribution in [0.1, 0.15) is 36.0 Å². The van der Waals surface area contributed by atoms with E-state index in [1.807, 2.05) is 0 Å². The molecule has 0 spiro atoms. The highest BCUT2D eigenvalue weighted by Gasteiger charge is 2.40. The molecule has 7 heterocycles. The Labute approximate surface area is 322 Å². The van der Waals surface area contributed by atoms with Gasteiger partial charge in [0, 0.05) is 98.2 Å². The summed E-state index contributed by atoms with van der Waals surface area (Å²) in [4.78, 5) is 31.9. The third-order valence-corrected chi connectivity index (χ3v) is 13.2. The van der Waals surface area contributed by atoms with E-state index in [-0.39, 0.29) is 0 Å². The average Bonchev–Trinajstić information content (AvgIpc) is 3.18. The number of likely N-dealkylation sites (tertiary alicyclic amines) is 3. The van der Waals surface area contributed by atoms with Crippen molar-refractivity contribution >= 4 is 17.8 Å². The molecule has 0 aliphatic carbocycles. The number of piperidine rings is 6. The maximum Gasteiger partial charge on any atom is 0.231 e. The Morgan fingerprint density at radius 1 is 0.333 bits per heavy atom. The molecular weight excluding hydrogens is 667 g/mol. The smallest absolute Gasteiger partial charge is 0.231 e. The van der Waals surface area contributed by atoms with Crippen molar-refractivity contribution in [3.63, 3.8) is 0 Å². The topological polar surface area (TPSA) is 58.1 Å². The molecule has 1 aromatic heterocycles. The van der Waals surface area contributed by atoms with Crippen molar-refractivity contribution in [1.82, 2.24) is 29.7 Å². The van der Waals surface area contributed by atoms with Gasteiger partial charge in [-0.25, -0.2) is 0 Å². The molecule has 4 aromatic rings. The van der Waals surface area contributed by atoms with Crippen LogP contribution in [0.25, 0.3) is 0 Å². The van der Waals surface area contributed by atoms with E-state index in [2.05, 4.69) is 120 Å². The first-order chi connectivity index (χ1) is 26.6. The SMILES string of the molecule is c1ccc(CN2CC3CC(C2)CN(c2nc(N4CC5CC(CN(Cc6ccccc6)C5)C4)nc(N4CC5CC(CN(Cc6ccccc6)C5)C4)n2)C3)cc1. The summed E-state index contributed by atoms with van der Waals surface area (Å²) in [6.07, 6.45) is 3.95. The normalized spacial score (nSPS) is 29.0. The van der Waals surface area contributed by atoms with Gasteiger partial charge >= 0.3 is 0 Å². The fraction of sp³-hybridized carbons (Fsp3) is 0.533. The number of rotatable bonds is 9. The lowest BCUT2D eigenvalue weighted by Gasteiger charge is -2.48. The largest absolute Gasteiger partial charge is 0.340 e. The van der Waals surface area contributed by atoms with Crippen molar-refractivity contribution < 1.29 is 0 Å². The minimum atomic E-state index is 0.639. The van der Waals surface area contributed by atoms with Gasteiger partial charge in [-0.3, -0.25) is 14.7 Å². The summed E-state index contributed by atoms with van der Waals surface area (Å²) in [5, 5.41) is 0. The van der Waals surface area contributed by atoms with Gasteiger partial charge in [-0.2, -0.15) is 15.0 Å². The standard InChI is InChI=1S/C45H57N9/c1-4-10-34(11-5-1)19-49-22-37-16-38(23-49)29-52(28-37)43-46-44(53-30-39-17-40(31-53)25-50(24-39)20-35-12-6-2-7-13-35)48-45(47-43)54-32-41-18-42(33-54)27-51(26-41)21-36-14-8-3-9-15-36/h1-15,37-42H,16-33H2. The zero-order chi connectivity index (χ0) is 35.8. The fourth-order valence-corrected chi connectivity index (χ4v) is 11.3. The van der Waals surface area contributed by atoms with Gasteiger partial charge < -0.3 is 14.7 Å². The van der Waals surface area contributed by atoms with Crippen LogP contribution in [0.5, 0.6) is 0 Å². The van der Waals surface area contributed by atoms with E-state index in [0.717, 1.165) is 116 Å². The maximum atomic E-state index is 5.40. The molecule has 6 unspecified atom stereocenters. The molecule has 9 nitrogen and oxygen atoms in total. The number of hydrogen-bond donors (Lipinski definition) is 0. The van der Waals surface area contributed by atoms with Crippen molar-refractivity contribution in [3.8, 4) is 0 Å². The first kappa shape index (κ1) is 34.4. The van der Waals surface area contributed by atoms with Gasteiger partial charge in [-0.15, -0.1) is 0 Å². The Morgan fingerprint density at radius 2 is 0.574 bits per heavy atom. The molecule has 0 amide bonds. The molecule has 9 heteroatoms. The molecule has 0 N–H and O–H groups in total. The number of aromatic nitrogens is 3. The molecule has 6 aliphatic rings. The van der Waals surface area contributed by atoms with Crippen LogP contribution >= 0.6 is 0 Å².